The van der Waals surface area contributed by atoms with Gasteiger partial charge in [0.25, 0.3) is 0 Å². The van der Waals surface area contributed by atoms with Gasteiger partial charge in [0.15, 0.2) is 11.0 Å². The maximum absolute atomic E-state index is 12.4. The van der Waals surface area contributed by atoms with Crippen LogP contribution in [0.3, 0.4) is 0 Å². The molecule has 2 heterocycles. The van der Waals surface area contributed by atoms with Crippen molar-refractivity contribution in [2.24, 2.45) is 14.1 Å². The van der Waals surface area contributed by atoms with Crippen LogP contribution in [0, 0.1) is 0 Å². The van der Waals surface area contributed by atoms with E-state index in [1.54, 1.807) is 23.7 Å². The molecular formula is C17H20N6O2S. The van der Waals surface area contributed by atoms with Crippen molar-refractivity contribution in [1.82, 2.24) is 24.5 Å². The van der Waals surface area contributed by atoms with Gasteiger partial charge in [0, 0.05) is 33.0 Å². The van der Waals surface area contributed by atoms with E-state index >= 15 is 0 Å². The molecule has 8 nitrogen and oxygen atoms in total. The summed E-state index contributed by atoms with van der Waals surface area (Å²) in [7, 11) is 7.00. The number of anilines is 1. The van der Waals surface area contributed by atoms with Crippen molar-refractivity contribution in [3.8, 4) is 17.3 Å². The Morgan fingerprint density at radius 3 is 2.65 bits per heavy atom. The number of methoxy groups -OCH3 is 1. The molecule has 0 atom stereocenters. The average Bonchev–Trinajstić information content (AvgIpc) is 3.21. The third-order valence-electron chi connectivity index (χ3n) is 3.91. The summed E-state index contributed by atoms with van der Waals surface area (Å²) in [6.07, 6.45) is 1.83. The maximum Gasteiger partial charge on any atom is 0.243 e. The topological polar surface area (TPSA) is 78.1 Å². The number of carbonyl (C=O) groups is 1. The number of para-hydroxylation sites is 1. The van der Waals surface area contributed by atoms with Gasteiger partial charge in [-0.25, -0.2) is 0 Å². The number of benzene rings is 1. The minimum absolute atomic E-state index is 0.00953. The number of ether oxygens (including phenoxy) is 1. The summed E-state index contributed by atoms with van der Waals surface area (Å²) in [5, 5.41) is 13.3. The largest absolute Gasteiger partial charge is 0.479 e. The van der Waals surface area contributed by atoms with E-state index in [0.29, 0.717) is 16.9 Å². The summed E-state index contributed by atoms with van der Waals surface area (Å²) in [4.78, 5) is 14.1. The van der Waals surface area contributed by atoms with Crippen LogP contribution in [0.5, 0.6) is 5.88 Å². The Morgan fingerprint density at radius 1 is 1.23 bits per heavy atom. The second-order valence-electron chi connectivity index (χ2n) is 5.67. The Labute approximate surface area is 155 Å². The normalized spacial score (nSPS) is 10.8. The lowest BCUT2D eigenvalue weighted by Gasteiger charge is -2.16. The Kier molecular flexibility index (Phi) is 5.27. The first-order valence-corrected chi connectivity index (χ1v) is 8.91. The van der Waals surface area contributed by atoms with Crippen molar-refractivity contribution < 1.29 is 9.53 Å². The first-order chi connectivity index (χ1) is 12.5. The van der Waals surface area contributed by atoms with Crippen LogP contribution in [0.25, 0.3) is 11.4 Å². The molecule has 1 amide bonds. The minimum atomic E-state index is -0.00953. The average molecular weight is 372 g/mol. The fourth-order valence-electron chi connectivity index (χ4n) is 2.47. The van der Waals surface area contributed by atoms with Crippen LogP contribution in [-0.4, -0.2) is 50.4 Å². The Hall–Kier alpha value is -2.81. The van der Waals surface area contributed by atoms with Crippen molar-refractivity contribution in [2.45, 2.75) is 5.16 Å². The van der Waals surface area contributed by atoms with E-state index in [0.717, 1.165) is 11.3 Å². The molecule has 0 saturated carbocycles. The first-order valence-electron chi connectivity index (χ1n) is 7.93. The van der Waals surface area contributed by atoms with Gasteiger partial charge in [-0.05, 0) is 12.1 Å². The van der Waals surface area contributed by atoms with E-state index in [-0.39, 0.29) is 11.7 Å². The van der Waals surface area contributed by atoms with E-state index in [2.05, 4.69) is 15.3 Å². The van der Waals surface area contributed by atoms with Gasteiger partial charge in [-0.15, -0.1) is 15.3 Å². The third-order valence-corrected chi connectivity index (χ3v) is 4.91. The molecule has 0 bridgehead atoms. The van der Waals surface area contributed by atoms with Gasteiger partial charge in [0.2, 0.25) is 11.8 Å². The molecule has 0 aliphatic heterocycles. The highest BCUT2D eigenvalue weighted by atomic mass is 32.2. The number of hydrogen-bond donors (Lipinski definition) is 0. The van der Waals surface area contributed by atoms with E-state index in [1.165, 1.54) is 11.8 Å². The molecule has 3 aromatic rings. The van der Waals surface area contributed by atoms with Gasteiger partial charge in [-0.1, -0.05) is 30.0 Å². The summed E-state index contributed by atoms with van der Waals surface area (Å²) in [5.74, 6) is 1.38. The molecule has 0 radical (unpaired) electrons. The molecule has 0 N–H and O–H groups in total. The smallest absolute Gasteiger partial charge is 0.243 e. The van der Waals surface area contributed by atoms with Crippen molar-refractivity contribution in [1.29, 1.82) is 0 Å². The van der Waals surface area contributed by atoms with E-state index in [1.807, 2.05) is 55.2 Å². The fraction of sp³-hybridized carbons (Fsp3) is 0.294. The molecule has 0 saturated heterocycles. The van der Waals surface area contributed by atoms with Gasteiger partial charge in [0.1, 0.15) is 5.56 Å². The first kappa shape index (κ1) is 18.0. The second kappa shape index (κ2) is 7.61. The molecule has 0 aliphatic carbocycles. The molecule has 26 heavy (non-hydrogen) atoms. The SMILES string of the molecule is COc1nn(C)cc1-c1nnc(SCC(=O)N(C)c2ccccc2)n1C. The van der Waals surface area contributed by atoms with Gasteiger partial charge < -0.3 is 14.2 Å². The quantitative estimate of drug-likeness (QED) is 0.616. The molecule has 3 rings (SSSR count). The number of amides is 1. The molecule has 0 spiro atoms. The van der Waals surface area contributed by atoms with Crippen molar-refractivity contribution in [3.05, 3.63) is 36.5 Å². The van der Waals surface area contributed by atoms with Crippen LogP contribution in [0.4, 0.5) is 5.69 Å². The molecule has 0 unspecified atom stereocenters. The zero-order chi connectivity index (χ0) is 18.7. The van der Waals surface area contributed by atoms with Gasteiger partial charge >= 0.3 is 0 Å². The molecule has 136 valence electrons. The third kappa shape index (κ3) is 3.57. The number of nitrogens with zero attached hydrogens (tertiary/aromatic N) is 6. The highest BCUT2D eigenvalue weighted by molar-refractivity contribution is 7.99. The number of hydrogen-bond acceptors (Lipinski definition) is 6. The molecule has 9 heteroatoms. The minimum Gasteiger partial charge on any atom is -0.479 e. The fourth-order valence-corrected chi connectivity index (χ4v) is 3.29. The van der Waals surface area contributed by atoms with Crippen molar-refractivity contribution in [3.63, 3.8) is 0 Å². The predicted molar refractivity (Wildman–Crippen MR) is 100 cm³/mol. The Bertz CT molecular complexity index is 905. The van der Waals surface area contributed by atoms with Gasteiger partial charge in [0.05, 0.1) is 12.9 Å². The van der Waals surface area contributed by atoms with Crippen molar-refractivity contribution >= 4 is 23.4 Å². The number of rotatable bonds is 6. The lowest BCUT2D eigenvalue weighted by molar-refractivity contribution is -0.115. The summed E-state index contributed by atoms with van der Waals surface area (Å²) >= 11 is 1.34. The number of aryl methyl sites for hydroxylation is 1. The number of aromatic nitrogens is 5. The van der Waals surface area contributed by atoms with Gasteiger partial charge in [-0.2, -0.15) is 0 Å². The molecule has 2 aromatic heterocycles. The molecule has 0 aliphatic rings. The highest BCUT2D eigenvalue weighted by Crippen LogP contribution is 2.29. The van der Waals surface area contributed by atoms with Crippen LogP contribution in [0.15, 0.2) is 41.7 Å². The molecule has 1 aromatic carbocycles. The Balaban J connectivity index is 1.72. The standard InChI is InChI=1S/C17H20N6O2S/c1-21-10-13(16(20-21)25-4)15-18-19-17(23(15)3)26-11-14(24)22(2)12-8-6-5-7-9-12/h5-10H,11H2,1-4H3. The summed E-state index contributed by atoms with van der Waals surface area (Å²) in [6.45, 7) is 0. The molecule has 0 fully saturated rings. The molecular weight excluding hydrogens is 352 g/mol. The van der Waals surface area contributed by atoms with Crippen LogP contribution >= 0.6 is 11.8 Å². The summed E-state index contributed by atoms with van der Waals surface area (Å²) < 4.78 is 8.78. The van der Waals surface area contributed by atoms with Gasteiger partial charge in [-0.3, -0.25) is 9.48 Å². The summed E-state index contributed by atoms with van der Waals surface area (Å²) in [5.41, 5.74) is 1.61. The van der Waals surface area contributed by atoms with Crippen LogP contribution < -0.4 is 9.64 Å². The van der Waals surface area contributed by atoms with Crippen LogP contribution in [0.2, 0.25) is 0 Å². The van der Waals surface area contributed by atoms with Crippen LogP contribution in [0.1, 0.15) is 0 Å². The van der Waals surface area contributed by atoms with E-state index < -0.39 is 0 Å². The monoisotopic (exact) mass is 372 g/mol. The van der Waals surface area contributed by atoms with E-state index in [4.69, 9.17) is 4.74 Å². The lowest BCUT2D eigenvalue weighted by Crippen LogP contribution is -2.27. The number of carbonyl (C=O) groups excluding carboxylic acids is 1. The predicted octanol–water partition coefficient (Wildman–Crippen LogP) is 1.98. The Morgan fingerprint density at radius 2 is 1.96 bits per heavy atom. The summed E-state index contributed by atoms with van der Waals surface area (Å²) in [6, 6.07) is 9.53. The lowest BCUT2D eigenvalue weighted by atomic mass is 10.3. The second-order valence-corrected chi connectivity index (χ2v) is 6.61. The van der Waals surface area contributed by atoms with Crippen LogP contribution in [-0.2, 0) is 18.9 Å². The zero-order valence-corrected chi connectivity index (χ0v) is 15.9. The maximum atomic E-state index is 12.4. The highest BCUT2D eigenvalue weighted by Gasteiger charge is 2.19. The van der Waals surface area contributed by atoms with E-state index in [9.17, 15) is 4.79 Å². The van der Waals surface area contributed by atoms with Crippen molar-refractivity contribution in [2.75, 3.05) is 24.8 Å². The number of thioether (sulfide) groups is 1. The zero-order valence-electron chi connectivity index (χ0n) is 15.1.